The molecule has 0 spiro atoms. The SMILES string of the molecule is CC(C)CCCC(C)NC(C)c1ccc(F)cc1O. The summed E-state index contributed by atoms with van der Waals surface area (Å²) in [4.78, 5) is 0. The highest BCUT2D eigenvalue weighted by atomic mass is 19.1. The zero-order valence-corrected chi connectivity index (χ0v) is 12.4. The molecule has 0 aliphatic heterocycles. The molecule has 0 fully saturated rings. The van der Waals surface area contributed by atoms with Gasteiger partial charge in [-0.1, -0.05) is 32.8 Å². The third kappa shape index (κ3) is 5.60. The maximum absolute atomic E-state index is 12.9. The molecule has 2 N–H and O–H groups in total. The largest absolute Gasteiger partial charge is 0.508 e. The fourth-order valence-electron chi connectivity index (χ4n) is 2.32. The van der Waals surface area contributed by atoms with Crippen LogP contribution in [0.25, 0.3) is 0 Å². The van der Waals surface area contributed by atoms with Gasteiger partial charge in [-0.3, -0.25) is 0 Å². The lowest BCUT2D eigenvalue weighted by molar-refractivity contribution is 0.406. The van der Waals surface area contributed by atoms with E-state index in [0.29, 0.717) is 6.04 Å². The molecule has 1 aromatic rings. The number of rotatable bonds is 7. The summed E-state index contributed by atoms with van der Waals surface area (Å²) in [5, 5.41) is 13.2. The number of phenolic OH excluding ortho intramolecular Hbond substituents is 1. The van der Waals surface area contributed by atoms with Crippen LogP contribution in [0.1, 0.15) is 58.6 Å². The van der Waals surface area contributed by atoms with Gasteiger partial charge in [0, 0.05) is 23.7 Å². The first kappa shape index (κ1) is 16.0. The predicted molar refractivity (Wildman–Crippen MR) is 77.8 cm³/mol. The van der Waals surface area contributed by atoms with E-state index in [1.54, 1.807) is 6.07 Å². The highest BCUT2D eigenvalue weighted by Gasteiger charge is 2.13. The average molecular weight is 267 g/mol. The Kier molecular flexibility index (Phi) is 6.29. The van der Waals surface area contributed by atoms with Gasteiger partial charge < -0.3 is 10.4 Å². The Morgan fingerprint density at radius 1 is 1.16 bits per heavy atom. The van der Waals surface area contributed by atoms with Gasteiger partial charge in [0.05, 0.1) is 0 Å². The van der Waals surface area contributed by atoms with Crippen molar-refractivity contribution < 1.29 is 9.50 Å². The second kappa shape index (κ2) is 7.49. The van der Waals surface area contributed by atoms with Crippen LogP contribution in [0.3, 0.4) is 0 Å². The lowest BCUT2D eigenvalue weighted by Gasteiger charge is -2.21. The lowest BCUT2D eigenvalue weighted by atomic mass is 10.0. The van der Waals surface area contributed by atoms with Crippen LogP contribution in [0, 0.1) is 11.7 Å². The molecule has 2 unspecified atom stereocenters. The number of benzene rings is 1. The molecular weight excluding hydrogens is 241 g/mol. The standard InChI is InChI=1S/C16H26FNO/c1-11(2)6-5-7-12(3)18-13(4)15-9-8-14(17)10-16(15)19/h8-13,18-19H,5-7H2,1-4H3. The van der Waals surface area contributed by atoms with Crippen LogP contribution < -0.4 is 5.32 Å². The van der Waals surface area contributed by atoms with Crippen molar-refractivity contribution in [3.05, 3.63) is 29.6 Å². The van der Waals surface area contributed by atoms with Gasteiger partial charge in [0.2, 0.25) is 0 Å². The van der Waals surface area contributed by atoms with Gasteiger partial charge in [0.1, 0.15) is 11.6 Å². The fourth-order valence-corrected chi connectivity index (χ4v) is 2.32. The summed E-state index contributed by atoms with van der Waals surface area (Å²) >= 11 is 0. The van der Waals surface area contributed by atoms with E-state index in [4.69, 9.17) is 0 Å². The molecule has 0 heterocycles. The van der Waals surface area contributed by atoms with E-state index in [9.17, 15) is 9.50 Å². The minimum absolute atomic E-state index is 0.0226. The second-order valence-electron chi connectivity index (χ2n) is 5.82. The number of halogens is 1. The molecule has 2 atom stereocenters. The molecule has 108 valence electrons. The van der Waals surface area contributed by atoms with Crippen LogP contribution in [0.4, 0.5) is 4.39 Å². The molecule has 0 saturated carbocycles. The molecule has 1 rings (SSSR count). The minimum Gasteiger partial charge on any atom is -0.508 e. The van der Waals surface area contributed by atoms with Crippen LogP contribution in [-0.4, -0.2) is 11.1 Å². The third-order valence-corrected chi connectivity index (χ3v) is 3.41. The summed E-state index contributed by atoms with van der Waals surface area (Å²) in [7, 11) is 0. The molecule has 1 aromatic carbocycles. The summed E-state index contributed by atoms with van der Waals surface area (Å²) in [6.07, 6.45) is 3.56. The Morgan fingerprint density at radius 3 is 2.42 bits per heavy atom. The summed E-state index contributed by atoms with van der Waals surface area (Å²) in [5.74, 6) is 0.360. The molecule has 3 heteroatoms. The summed E-state index contributed by atoms with van der Waals surface area (Å²) < 4.78 is 12.9. The summed E-state index contributed by atoms with van der Waals surface area (Å²) in [6.45, 7) is 8.61. The van der Waals surface area contributed by atoms with Crippen LogP contribution in [0.5, 0.6) is 5.75 Å². The number of aromatic hydroxyl groups is 1. The zero-order valence-electron chi connectivity index (χ0n) is 12.4. The van der Waals surface area contributed by atoms with Gasteiger partial charge in [-0.25, -0.2) is 4.39 Å². The molecule has 0 bridgehead atoms. The maximum Gasteiger partial charge on any atom is 0.126 e. The van der Waals surface area contributed by atoms with E-state index < -0.39 is 5.82 Å². The Morgan fingerprint density at radius 2 is 1.84 bits per heavy atom. The predicted octanol–water partition coefficient (Wildman–Crippen LogP) is 4.40. The lowest BCUT2D eigenvalue weighted by Crippen LogP contribution is -2.29. The molecule has 0 radical (unpaired) electrons. The molecular formula is C16H26FNO. The maximum atomic E-state index is 12.9. The van der Waals surface area contributed by atoms with Gasteiger partial charge in [-0.2, -0.15) is 0 Å². The molecule has 0 amide bonds. The summed E-state index contributed by atoms with van der Waals surface area (Å²) in [6, 6.07) is 4.60. The van der Waals surface area contributed by atoms with Crippen LogP contribution in [-0.2, 0) is 0 Å². The first-order valence-corrected chi connectivity index (χ1v) is 7.14. The third-order valence-electron chi connectivity index (χ3n) is 3.41. The van der Waals surface area contributed by atoms with Crippen LogP contribution in [0.2, 0.25) is 0 Å². The van der Waals surface area contributed by atoms with Gasteiger partial charge in [0.25, 0.3) is 0 Å². The van der Waals surface area contributed by atoms with E-state index in [2.05, 4.69) is 26.1 Å². The second-order valence-corrected chi connectivity index (χ2v) is 5.82. The molecule has 0 aliphatic rings. The molecule has 0 aromatic heterocycles. The Bertz CT molecular complexity index is 392. The molecule has 2 nitrogen and oxygen atoms in total. The Hall–Kier alpha value is -1.09. The van der Waals surface area contributed by atoms with Gasteiger partial charge >= 0.3 is 0 Å². The van der Waals surface area contributed by atoms with Crippen LogP contribution in [0.15, 0.2) is 18.2 Å². The van der Waals surface area contributed by atoms with Crippen molar-refractivity contribution in [3.63, 3.8) is 0 Å². The van der Waals surface area contributed by atoms with E-state index in [0.717, 1.165) is 24.0 Å². The van der Waals surface area contributed by atoms with Crippen LogP contribution >= 0.6 is 0 Å². The molecule has 19 heavy (non-hydrogen) atoms. The van der Waals surface area contributed by atoms with E-state index >= 15 is 0 Å². The Labute approximate surface area is 116 Å². The van der Waals surface area contributed by atoms with Crippen molar-refractivity contribution in [1.29, 1.82) is 0 Å². The van der Waals surface area contributed by atoms with Crippen molar-refractivity contribution in [2.75, 3.05) is 0 Å². The minimum atomic E-state index is -0.404. The topological polar surface area (TPSA) is 32.3 Å². The smallest absolute Gasteiger partial charge is 0.126 e. The summed E-state index contributed by atoms with van der Waals surface area (Å²) in [5.41, 5.74) is 0.747. The monoisotopic (exact) mass is 267 g/mol. The normalized spacial score (nSPS) is 14.6. The number of nitrogens with one attached hydrogen (secondary N) is 1. The fraction of sp³-hybridized carbons (Fsp3) is 0.625. The van der Waals surface area contributed by atoms with Crippen molar-refractivity contribution in [2.24, 2.45) is 5.92 Å². The number of hydrogen-bond acceptors (Lipinski definition) is 2. The zero-order chi connectivity index (χ0) is 14.4. The molecule has 0 aliphatic carbocycles. The van der Waals surface area contributed by atoms with E-state index in [1.807, 2.05) is 6.92 Å². The van der Waals surface area contributed by atoms with Crippen molar-refractivity contribution >= 4 is 0 Å². The molecule has 0 saturated heterocycles. The van der Waals surface area contributed by atoms with Crippen molar-refractivity contribution in [2.45, 2.75) is 59.0 Å². The highest BCUT2D eigenvalue weighted by molar-refractivity contribution is 5.34. The van der Waals surface area contributed by atoms with Gasteiger partial charge in [0.15, 0.2) is 0 Å². The van der Waals surface area contributed by atoms with E-state index in [1.165, 1.54) is 18.9 Å². The average Bonchev–Trinajstić information content (AvgIpc) is 2.27. The van der Waals surface area contributed by atoms with Gasteiger partial charge in [-0.05, 0) is 32.3 Å². The quantitative estimate of drug-likeness (QED) is 0.767. The van der Waals surface area contributed by atoms with Crippen molar-refractivity contribution in [1.82, 2.24) is 5.32 Å². The highest BCUT2D eigenvalue weighted by Crippen LogP contribution is 2.25. The number of phenols is 1. The number of hydrogen-bond donors (Lipinski definition) is 2. The first-order chi connectivity index (χ1) is 8.90. The first-order valence-electron chi connectivity index (χ1n) is 7.14. The Balaban J connectivity index is 2.47. The van der Waals surface area contributed by atoms with Gasteiger partial charge in [-0.15, -0.1) is 0 Å². The van der Waals surface area contributed by atoms with Crippen molar-refractivity contribution in [3.8, 4) is 5.75 Å². The van der Waals surface area contributed by atoms with E-state index in [-0.39, 0.29) is 11.8 Å².